The molecule has 10 nitrogen and oxygen atoms in total. The van der Waals surface area contributed by atoms with Crippen LogP contribution in [-0.4, -0.2) is 54.3 Å². The number of benzene rings is 2. The Bertz CT molecular complexity index is 1050. The summed E-state index contributed by atoms with van der Waals surface area (Å²) in [5, 5.41) is 24.6. The minimum absolute atomic E-state index is 0.109. The quantitative estimate of drug-likeness (QED) is 0.405. The van der Waals surface area contributed by atoms with Crippen molar-refractivity contribution < 1.29 is 23.2 Å². The summed E-state index contributed by atoms with van der Waals surface area (Å²) in [6.45, 7) is 3.83. The number of rotatable bonds is 6. The first-order valence-corrected chi connectivity index (χ1v) is 10.6. The van der Waals surface area contributed by atoms with Crippen LogP contribution in [-0.2, 0) is 14.8 Å². The lowest BCUT2D eigenvalue weighted by molar-refractivity contribution is -0.385. The summed E-state index contributed by atoms with van der Waals surface area (Å²) in [7, 11) is -4.04. The molecule has 2 aromatic carbocycles. The van der Waals surface area contributed by atoms with Crippen LogP contribution in [0.25, 0.3) is 0 Å². The predicted octanol–water partition coefficient (Wildman–Crippen LogP) is 2.54. The third kappa shape index (κ3) is 4.93. The van der Waals surface area contributed by atoms with E-state index in [1.165, 1.54) is 34.8 Å². The molecule has 2 atom stereocenters. The maximum Gasteiger partial charge on any atom is 0.270 e. The van der Waals surface area contributed by atoms with Crippen LogP contribution in [0.2, 0.25) is 0 Å². The zero-order valence-corrected chi connectivity index (χ0v) is 17.2. The van der Waals surface area contributed by atoms with Gasteiger partial charge in [-0.25, -0.2) is 8.42 Å². The molecular formula is C19H22N4O6S. The van der Waals surface area contributed by atoms with Gasteiger partial charge in [0.05, 0.1) is 29.0 Å². The number of hydrogen-bond donors (Lipinski definition) is 2. The van der Waals surface area contributed by atoms with Gasteiger partial charge in [-0.1, -0.05) is 0 Å². The van der Waals surface area contributed by atoms with Gasteiger partial charge in [0.1, 0.15) is 10.6 Å². The highest BCUT2D eigenvalue weighted by atomic mass is 32.2. The van der Waals surface area contributed by atoms with Gasteiger partial charge in [-0.2, -0.15) is 9.41 Å². The SMILES string of the molecule is C[C@@H]1CN(S(=O)(=O)c2cc([N+](=O)[O-])ccc2N/N=C\c2ccc(O)cc2)C[C@@H](C)O1. The zero-order valence-electron chi connectivity index (χ0n) is 16.4. The number of morpholine rings is 1. The van der Waals surface area contributed by atoms with E-state index >= 15 is 0 Å². The maximum absolute atomic E-state index is 13.3. The van der Waals surface area contributed by atoms with Crippen molar-refractivity contribution in [1.29, 1.82) is 0 Å². The molecule has 0 saturated carbocycles. The third-order valence-electron chi connectivity index (χ3n) is 4.47. The van der Waals surface area contributed by atoms with Crippen LogP contribution >= 0.6 is 0 Å². The molecule has 3 rings (SSSR count). The van der Waals surface area contributed by atoms with Gasteiger partial charge in [0.15, 0.2) is 0 Å². The number of phenols is 1. The molecule has 1 aliphatic rings. The fraction of sp³-hybridized carbons (Fsp3) is 0.316. The molecule has 160 valence electrons. The van der Waals surface area contributed by atoms with Crippen LogP contribution in [0.1, 0.15) is 19.4 Å². The zero-order chi connectivity index (χ0) is 21.9. The Morgan fingerprint density at radius 3 is 2.43 bits per heavy atom. The molecule has 1 fully saturated rings. The monoisotopic (exact) mass is 434 g/mol. The number of anilines is 1. The maximum atomic E-state index is 13.3. The molecular weight excluding hydrogens is 412 g/mol. The second kappa shape index (κ2) is 8.78. The lowest BCUT2D eigenvalue weighted by Gasteiger charge is -2.34. The minimum Gasteiger partial charge on any atom is -0.508 e. The van der Waals surface area contributed by atoms with Gasteiger partial charge in [0.25, 0.3) is 5.69 Å². The van der Waals surface area contributed by atoms with E-state index in [2.05, 4.69) is 10.5 Å². The first kappa shape index (κ1) is 21.7. The molecule has 0 bridgehead atoms. The van der Waals surface area contributed by atoms with E-state index in [0.29, 0.717) is 5.56 Å². The Hall–Kier alpha value is -3.02. The fourth-order valence-corrected chi connectivity index (χ4v) is 4.88. The summed E-state index contributed by atoms with van der Waals surface area (Å²) >= 11 is 0. The van der Waals surface area contributed by atoms with Gasteiger partial charge >= 0.3 is 0 Å². The molecule has 1 saturated heterocycles. The van der Waals surface area contributed by atoms with Gasteiger partial charge in [-0.3, -0.25) is 15.5 Å². The van der Waals surface area contributed by atoms with Gasteiger partial charge < -0.3 is 9.84 Å². The van der Waals surface area contributed by atoms with E-state index < -0.39 is 14.9 Å². The van der Waals surface area contributed by atoms with E-state index in [4.69, 9.17) is 4.74 Å². The number of nitro benzene ring substituents is 1. The summed E-state index contributed by atoms with van der Waals surface area (Å²) in [4.78, 5) is 10.3. The van der Waals surface area contributed by atoms with Crippen LogP contribution in [0.3, 0.4) is 0 Å². The Morgan fingerprint density at radius 2 is 1.83 bits per heavy atom. The molecule has 11 heteroatoms. The minimum atomic E-state index is -4.04. The summed E-state index contributed by atoms with van der Waals surface area (Å²) in [6, 6.07) is 9.79. The highest BCUT2D eigenvalue weighted by Gasteiger charge is 2.34. The van der Waals surface area contributed by atoms with Crippen LogP contribution in [0.4, 0.5) is 11.4 Å². The number of aromatic hydroxyl groups is 1. The number of nitrogens with zero attached hydrogens (tertiary/aromatic N) is 3. The molecule has 0 amide bonds. The third-order valence-corrected chi connectivity index (χ3v) is 6.34. The topological polar surface area (TPSA) is 134 Å². The van der Waals surface area contributed by atoms with Crippen molar-refractivity contribution in [1.82, 2.24) is 4.31 Å². The Balaban J connectivity index is 1.94. The van der Waals surface area contributed by atoms with E-state index in [1.54, 1.807) is 26.0 Å². The van der Waals surface area contributed by atoms with Crippen LogP contribution < -0.4 is 5.43 Å². The van der Waals surface area contributed by atoms with Crippen LogP contribution in [0, 0.1) is 10.1 Å². The standard InChI is InChI=1S/C19H22N4O6S/c1-13-11-22(12-14(2)29-13)30(27,28)19-9-16(23(25)26)5-8-18(19)21-20-10-15-3-6-17(24)7-4-15/h3-10,13-14,21,24H,11-12H2,1-2H3/b20-10-/t13-,14-/m1/s1. The first-order chi connectivity index (χ1) is 14.2. The summed E-state index contributed by atoms with van der Waals surface area (Å²) in [6.07, 6.45) is 0.841. The van der Waals surface area contributed by atoms with Gasteiger partial charge in [-0.05, 0) is 49.7 Å². The molecule has 1 aliphatic heterocycles. The number of hydrogen-bond acceptors (Lipinski definition) is 8. The molecule has 0 unspecified atom stereocenters. The Morgan fingerprint density at radius 1 is 1.20 bits per heavy atom. The van der Waals surface area contributed by atoms with Gasteiger partial charge in [-0.15, -0.1) is 0 Å². The molecule has 1 heterocycles. The highest BCUT2D eigenvalue weighted by Crippen LogP contribution is 2.30. The number of non-ortho nitro benzene ring substituents is 1. The average molecular weight is 434 g/mol. The summed E-state index contributed by atoms with van der Waals surface area (Å²) in [5.74, 6) is 0.109. The molecule has 0 aliphatic carbocycles. The van der Waals surface area contributed by atoms with Crippen molar-refractivity contribution in [3.8, 4) is 5.75 Å². The Labute approximate surface area is 174 Å². The Kier molecular flexibility index (Phi) is 6.34. The highest BCUT2D eigenvalue weighted by molar-refractivity contribution is 7.89. The number of phenolic OH excluding ortho intramolecular Hbond substituents is 1. The number of sulfonamides is 1. The molecule has 0 spiro atoms. The summed E-state index contributed by atoms with van der Waals surface area (Å²) in [5.41, 5.74) is 3.10. The number of nitrogens with one attached hydrogen (secondary N) is 1. The second-order valence-corrected chi connectivity index (χ2v) is 8.88. The molecule has 2 N–H and O–H groups in total. The van der Waals surface area contributed by atoms with Crippen molar-refractivity contribution >= 4 is 27.6 Å². The normalized spacial score (nSPS) is 20.3. The van der Waals surface area contributed by atoms with Gasteiger partial charge in [0.2, 0.25) is 10.0 Å². The summed E-state index contributed by atoms with van der Waals surface area (Å²) < 4.78 is 33.4. The van der Waals surface area contributed by atoms with Crippen molar-refractivity contribution in [3.05, 3.63) is 58.1 Å². The second-order valence-electron chi connectivity index (χ2n) is 6.98. The van der Waals surface area contributed by atoms with Crippen molar-refractivity contribution in [3.63, 3.8) is 0 Å². The number of ether oxygens (including phenoxy) is 1. The largest absolute Gasteiger partial charge is 0.508 e. The van der Waals surface area contributed by atoms with Crippen molar-refractivity contribution in [2.24, 2.45) is 5.10 Å². The molecule has 2 aromatic rings. The van der Waals surface area contributed by atoms with Crippen LogP contribution in [0.15, 0.2) is 52.5 Å². The smallest absolute Gasteiger partial charge is 0.270 e. The van der Waals surface area contributed by atoms with Crippen LogP contribution in [0.5, 0.6) is 5.75 Å². The lowest BCUT2D eigenvalue weighted by atomic mass is 10.2. The lowest BCUT2D eigenvalue weighted by Crippen LogP contribution is -2.48. The number of nitro groups is 1. The molecule has 0 radical (unpaired) electrons. The van der Waals surface area contributed by atoms with Crippen molar-refractivity contribution in [2.75, 3.05) is 18.5 Å². The van der Waals surface area contributed by atoms with E-state index in [9.17, 15) is 23.6 Å². The van der Waals surface area contributed by atoms with Gasteiger partial charge in [0, 0.05) is 25.2 Å². The first-order valence-electron chi connectivity index (χ1n) is 9.19. The van der Waals surface area contributed by atoms with E-state index in [1.807, 2.05) is 0 Å². The van der Waals surface area contributed by atoms with Crippen molar-refractivity contribution in [2.45, 2.75) is 31.0 Å². The van der Waals surface area contributed by atoms with E-state index in [-0.39, 0.29) is 47.3 Å². The van der Waals surface area contributed by atoms with E-state index in [0.717, 1.165) is 6.07 Å². The average Bonchev–Trinajstić information content (AvgIpc) is 2.68. The molecule has 30 heavy (non-hydrogen) atoms. The number of hydrazone groups is 1. The fourth-order valence-electron chi connectivity index (χ4n) is 3.13. The molecule has 0 aromatic heterocycles. The predicted molar refractivity (Wildman–Crippen MR) is 111 cm³/mol.